The van der Waals surface area contributed by atoms with Crippen molar-refractivity contribution >= 4 is 5.91 Å². The van der Waals surface area contributed by atoms with E-state index in [0.29, 0.717) is 24.7 Å². The lowest BCUT2D eigenvalue weighted by atomic mass is 9.95. The predicted molar refractivity (Wildman–Crippen MR) is 84.4 cm³/mol. The molecule has 0 unspecified atom stereocenters. The van der Waals surface area contributed by atoms with Crippen LogP contribution in [0.15, 0.2) is 18.5 Å². The molecule has 1 aromatic rings. The van der Waals surface area contributed by atoms with Crippen LogP contribution in [0.4, 0.5) is 0 Å². The van der Waals surface area contributed by atoms with Crippen LogP contribution in [0.3, 0.4) is 0 Å². The summed E-state index contributed by atoms with van der Waals surface area (Å²) in [6, 6.07) is 4.01. The third-order valence-corrected chi connectivity index (χ3v) is 4.59. The van der Waals surface area contributed by atoms with Gasteiger partial charge in [0, 0.05) is 37.9 Å². The van der Waals surface area contributed by atoms with Crippen molar-refractivity contribution in [3.8, 4) is 6.07 Å². The highest BCUT2D eigenvalue weighted by Gasteiger charge is 2.29. The lowest BCUT2D eigenvalue weighted by molar-refractivity contribution is -0.141. The van der Waals surface area contributed by atoms with Gasteiger partial charge in [-0.15, -0.1) is 0 Å². The van der Waals surface area contributed by atoms with Crippen molar-refractivity contribution < 1.29 is 9.53 Å². The summed E-state index contributed by atoms with van der Waals surface area (Å²) in [5, 5.41) is 8.93. The molecule has 2 aliphatic heterocycles. The zero-order valence-electron chi connectivity index (χ0n) is 13.3. The standard InChI is InChI=1S/C17H22N4O2/c18-10-14-9-15(12-19-11-14)13-20-3-1-16(2-4-20)17(22)21-5-7-23-8-6-21/h9,11-12,16H,1-8,13H2. The lowest BCUT2D eigenvalue weighted by Crippen LogP contribution is -2.46. The number of piperidine rings is 1. The van der Waals surface area contributed by atoms with Crippen LogP contribution in [0.2, 0.25) is 0 Å². The van der Waals surface area contributed by atoms with Gasteiger partial charge in [-0.1, -0.05) is 0 Å². The van der Waals surface area contributed by atoms with E-state index in [4.69, 9.17) is 10.00 Å². The van der Waals surface area contributed by atoms with Crippen LogP contribution in [-0.4, -0.2) is 60.1 Å². The zero-order valence-corrected chi connectivity index (χ0v) is 13.3. The van der Waals surface area contributed by atoms with Crippen LogP contribution in [0, 0.1) is 17.2 Å². The molecule has 3 heterocycles. The molecule has 0 saturated carbocycles. The summed E-state index contributed by atoms with van der Waals surface area (Å²) in [6.45, 7) is 5.40. The fourth-order valence-corrected chi connectivity index (χ4v) is 3.27. The molecular weight excluding hydrogens is 292 g/mol. The number of carbonyl (C=O) groups excluding carboxylic acids is 1. The van der Waals surface area contributed by atoms with E-state index < -0.39 is 0 Å². The smallest absolute Gasteiger partial charge is 0.225 e. The van der Waals surface area contributed by atoms with Gasteiger partial charge in [-0.05, 0) is 37.6 Å². The van der Waals surface area contributed by atoms with E-state index >= 15 is 0 Å². The summed E-state index contributed by atoms with van der Waals surface area (Å²) in [6.07, 6.45) is 5.20. The highest BCUT2D eigenvalue weighted by atomic mass is 16.5. The van der Waals surface area contributed by atoms with Crippen molar-refractivity contribution in [3.05, 3.63) is 29.6 Å². The van der Waals surface area contributed by atoms with Gasteiger partial charge in [0.25, 0.3) is 0 Å². The molecule has 0 aromatic carbocycles. The maximum absolute atomic E-state index is 12.5. The molecule has 0 bridgehead atoms. The molecule has 0 spiro atoms. The van der Waals surface area contributed by atoms with Gasteiger partial charge in [0.1, 0.15) is 6.07 Å². The van der Waals surface area contributed by atoms with Crippen LogP contribution >= 0.6 is 0 Å². The van der Waals surface area contributed by atoms with Crippen molar-refractivity contribution in [2.75, 3.05) is 39.4 Å². The van der Waals surface area contributed by atoms with Gasteiger partial charge in [0.15, 0.2) is 0 Å². The largest absolute Gasteiger partial charge is 0.378 e. The van der Waals surface area contributed by atoms with Gasteiger partial charge in [0.2, 0.25) is 5.91 Å². The number of nitrogens with zero attached hydrogens (tertiary/aromatic N) is 4. The van der Waals surface area contributed by atoms with Gasteiger partial charge in [0.05, 0.1) is 18.8 Å². The highest BCUT2D eigenvalue weighted by molar-refractivity contribution is 5.79. The molecule has 23 heavy (non-hydrogen) atoms. The molecule has 1 amide bonds. The first-order chi connectivity index (χ1) is 11.3. The van der Waals surface area contributed by atoms with Crippen LogP contribution in [0.1, 0.15) is 24.0 Å². The summed E-state index contributed by atoms with van der Waals surface area (Å²) < 4.78 is 5.31. The molecule has 2 aliphatic rings. The first-order valence-corrected chi connectivity index (χ1v) is 8.19. The maximum atomic E-state index is 12.5. The number of ether oxygens (including phenoxy) is 1. The minimum absolute atomic E-state index is 0.146. The monoisotopic (exact) mass is 314 g/mol. The maximum Gasteiger partial charge on any atom is 0.225 e. The predicted octanol–water partition coefficient (Wildman–Crippen LogP) is 1.02. The van der Waals surface area contributed by atoms with E-state index in [2.05, 4.69) is 16.0 Å². The molecule has 0 N–H and O–H groups in total. The second-order valence-electron chi connectivity index (χ2n) is 6.18. The highest BCUT2D eigenvalue weighted by Crippen LogP contribution is 2.21. The second-order valence-corrected chi connectivity index (χ2v) is 6.18. The summed E-state index contributed by atoms with van der Waals surface area (Å²) in [5.41, 5.74) is 1.65. The zero-order chi connectivity index (χ0) is 16.1. The van der Waals surface area contributed by atoms with E-state index in [0.717, 1.165) is 51.1 Å². The summed E-state index contributed by atoms with van der Waals surface area (Å²) in [4.78, 5) is 20.9. The van der Waals surface area contributed by atoms with Crippen molar-refractivity contribution in [1.82, 2.24) is 14.8 Å². The molecule has 1 aromatic heterocycles. The van der Waals surface area contributed by atoms with E-state index in [1.165, 1.54) is 0 Å². The van der Waals surface area contributed by atoms with E-state index in [-0.39, 0.29) is 5.92 Å². The van der Waals surface area contributed by atoms with Gasteiger partial charge in [-0.3, -0.25) is 14.7 Å². The molecule has 122 valence electrons. The molecule has 0 aliphatic carbocycles. The molecule has 2 saturated heterocycles. The molecule has 2 fully saturated rings. The van der Waals surface area contributed by atoms with Gasteiger partial charge >= 0.3 is 0 Å². The number of morpholine rings is 1. The Hall–Kier alpha value is -1.97. The Morgan fingerprint density at radius 1 is 1.26 bits per heavy atom. The molecule has 3 rings (SSSR count). The van der Waals surface area contributed by atoms with E-state index in [9.17, 15) is 4.79 Å². The topological polar surface area (TPSA) is 69.5 Å². The summed E-state index contributed by atoms with van der Waals surface area (Å²) >= 11 is 0. The minimum atomic E-state index is 0.146. The summed E-state index contributed by atoms with van der Waals surface area (Å²) in [5.74, 6) is 0.439. The first-order valence-electron chi connectivity index (χ1n) is 8.19. The third kappa shape index (κ3) is 4.06. The number of amides is 1. The van der Waals surface area contributed by atoms with Crippen LogP contribution in [0.5, 0.6) is 0 Å². The van der Waals surface area contributed by atoms with E-state index in [1.54, 1.807) is 6.20 Å². The van der Waals surface area contributed by atoms with Crippen LogP contribution < -0.4 is 0 Å². The Kier molecular flexibility index (Phi) is 5.21. The Balaban J connectivity index is 1.50. The second kappa shape index (κ2) is 7.53. The number of likely N-dealkylation sites (tertiary alicyclic amines) is 1. The van der Waals surface area contributed by atoms with Crippen molar-refractivity contribution in [3.63, 3.8) is 0 Å². The summed E-state index contributed by atoms with van der Waals surface area (Å²) in [7, 11) is 0. The molecule has 6 nitrogen and oxygen atoms in total. The fourth-order valence-electron chi connectivity index (χ4n) is 3.27. The fraction of sp³-hybridized carbons (Fsp3) is 0.588. The quantitative estimate of drug-likeness (QED) is 0.833. The van der Waals surface area contributed by atoms with Crippen molar-refractivity contribution in [2.24, 2.45) is 5.92 Å². The normalized spacial score (nSPS) is 20.2. The number of carbonyl (C=O) groups is 1. The molecular formula is C17H22N4O2. The average Bonchev–Trinajstić information content (AvgIpc) is 2.63. The first kappa shape index (κ1) is 15.9. The lowest BCUT2D eigenvalue weighted by Gasteiger charge is -2.35. The molecule has 6 heteroatoms. The van der Waals surface area contributed by atoms with Crippen LogP contribution in [-0.2, 0) is 16.1 Å². The Morgan fingerprint density at radius 2 is 2.00 bits per heavy atom. The number of hydrogen-bond acceptors (Lipinski definition) is 5. The Bertz CT molecular complexity index is 585. The van der Waals surface area contributed by atoms with Gasteiger partial charge < -0.3 is 9.64 Å². The van der Waals surface area contributed by atoms with Gasteiger partial charge in [-0.2, -0.15) is 5.26 Å². The average molecular weight is 314 g/mol. The van der Waals surface area contributed by atoms with Crippen molar-refractivity contribution in [1.29, 1.82) is 5.26 Å². The third-order valence-electron chi connectivity index (χ3n) is 4.59. The number of aromatic nitrogens is 1. The number of nitriles is 1. The SMILES string of the molecule is N#Cc1cncc(CN2CCC(C(=O)N3CCOCC3)CC2)c1. The number of hydrogen-bond donors (Lipinski definition) is 0. The Labute approximate surface area is 136 Å². The molecule has 0 atom stereocenters. The van der Waals surface area contributed by atoms with Crippen molar-refractivity contribution in [2.45, 2.75) is 19.4 Å². The number of rotatable bonds is 3. The van der Waals surface area contributed by atoms with Crippen LogP contribution in [0.25, 0.3) is 0 Å². The molecule has 0 radical (unpaired) electrons. The number of pyridine rings is 1. The minimum Gasteiger partial charge on any atom is -0.378 e. The Morgan fingerprint density at radius 3 is 2.70 bits per heavy atom. The van der Waals surface area contributed by atoms with E-state index in [1.807, 2.05) is 17.2 Å². The van der Waals surface area contributed by atoms with Gasteiger partial charge in [-0.25, -0.2) is 0 Å².